The van der Waals surface area contributed by atoms with E-state index in [2.05, 4.69) is 25.6 Å². The summed E-state index contributed by atoms with van der Waals surface area (Å²) < 4.78 is 0.970. The number of anilines is 3. The lowest BCUT2D eigenvalue weighted by molar-refractivity contribution is -0.114. The molecule has 0 saturated heterocycles. The Labute approximate surface area is 141 Å². The van der Waals surface area contributed by atoms with Crippen molar-refractivity contribution in [1.29, 1.82) is 0 Å². The van der Waals surface area contributed by atoms with E-state index in [9.17, 15) is 4.79 Å². The molecule has 24 heavy (non-hydrogen) atoms. The molecule has 3 heterocycles. The minimum Gasteiger partial charge on any atom is -0.339 e. The van der Waals surface area contributed by atoms with Gasteiger partial charge in [0.1, 0.15) is 11.2 Å². The number of pyridine rings is 1. The highest BCUT2D eigenvalue weighted by atomic mass is 32.1. The molecule has 4 aromatic rings. The SMILES string of the molecule is CC(=O)Nc1ccc(Nc2ncnc3c2sc2ncccc23)cc1. The van der Waals surface area contributed by atoms with Crippen molar-refractivity contribution < 1.29 is 4.79 Å². The van der Waals surface area contributed by atoms with Crippen molar-refractivity contribution in [3.05, 3.63) is 48.9 Å². The summed E-state index contributed by atoms with van der Waals surface area (Å²) in [4.78, 5) is 25.2. The Morgan fingerprint density at radius 2 is 1.83 bits per heavy atom. The van der Waals surface area contributed by atoms with Crippen LogP contribution in [0, 0.1) is 0 Å². The molecular weight excluding hydrogens is 322 g/mol. The van der Waals surface area contributed by atoms with Gasteiger partial charge in [0.25, 0.3) is 0 Å². The summed E-state index contributed by atoms with van der Waals surface area (Å²) in [7, 11) is 0. The Morgan fingerprint density at radius 3 is 2.62 bits per heavy atom. The zero-order valence-electron chi connectivity index (χ0n) is 12.8. The van der Waals surface area contributed by atoms with Crippen molar-refractivity contribution in [2.24, 2.45) is 0 Å². The second-order valence-corrected chi connectivity index (χ2v) is 6.24. The zero-order chi connectivity index (χ0) is 16.5. The summed E-state index contributed by atoms with van der Waals surface area (Å²) in [5.74, 6) is 0.654. The Morgan fingerprint density at radius 1 is 1.04 bits per heavy atom. The molecule has 0 fully saturated rings. The fourth-order valence-electron chi connectivity index (χ4n) is 2.48. The number of rotatable bonds is 3. The summed E-state index contributed by atoms with van der Waals surface area (Å²) in [5.41, 5.74) is 2.54. The first kappa shape index (κ1) is 14.5. The number of fused-ring (bicyclic) bond motifs is 3. The molecule has 118 valence electrons. The van der Waals surface area contributed by atoms with Gasteiger partial charge in [-0.3, -0.25) is 4.79 Å². The number of carbonyl (C=O) groups is 1. The van der Waals surface area contributed by atoms with Crippen LogP contribution in [0.4, 0.5) is 17.2 Å². The summed E-state index contributed by atoms with van der Waals surface area (Å²) in [6.07, 6.45) is 3.33. The number of nitrogens with zero attached hydrogens (tertiary/aromatic N) is 3. The van der Waals surface area contributed by atoms with Gasteiger partial charge in [-0.1, -0.05) is 0 Å². The Kier molecular flexibility index (Phi) is 3.55. The van der Waals surface area contributed by atoms with Crippen molar-refractivity contribution in [1.82, 2.24) is 15.0 Å². The van der Waals surface area contributed by atoms with Gasteiger partial charge in [-0.05, 0) is 36.4 Å². The van der Waals surface area contributed by atoms with E-state index in [-0.39, 0.29) is 5.91 Å². The van der Waals surface area contributed by atoms with E-state index in [1.54, 1.807) is 23.9 Å². The van der Waals surface area contributed by atoms with Gasteiger partial charge in [0.05, 0.1) is 10.2 Å². The predicted octanol–water partition coefficient (Wildman–Crippen LogP) is 3.94. The number of hydrogen-bond donors (Lipinski definition) is 2. The van der Waals surface area contributed by atoms with Crippen LogP contribution >= 0.6 is 11.3 Å². The van der Waals surface area contributed by atoms with Gasteiger partial charge in [-0.25, -0.2) is 15.0 Å². The molecule has 0 spiro atoms. The maximum atomic E-state index is 11.1. The predicted molar refractivity (Wildman–Crippen MR) is 96.7 cm³/mol. The number of hydrogen-bond acceptors (Lipinski definition) is 6. The third kappa shape index (κ3) is 2.65. The third-order valence-electron chi connectivity index (χ3n) is 3.50. The van der Waals surface area contributed by atoms with Crippen LogP contribution in [0.15, 0.2) is 48.9 Å². The van der Waals surface area contributed by atoms with E-state index in [1.807, 2.05) is 36.4 Å². The topological polar surface area (TPSA) is 79.8 Å². The van der Waals surface area contributed by atoms with E-state index in [4.69, 9.17) is 0 Å². The molecule has 0 aliphatic heterocycles. The molecule has 7 heteroatoms. The van der Waals surface area contributed by atoms with Crippen LogP contribution in [0.2, 0.25) is 0 Å². The van der Waals surface area contributed by atoms with Crippen LogP contribution in [-0.2, 0) is 4.79 Å². The van der Waals surface area contributed by atoms with Crippen molar-refractivity contribution in [3.8, 4) is 0 Å². The van der Waals surface area contributed by atoms with Crippen LogP contribution in [0.25, 0.3) is 20.4 Å². The third-order valence-corrected chi connectivity index (χ3v) is 4.61. The van der Waals surface area contributed by atoms with Gasteiger partial charge in [-0.2, -0.15) is 0 Å². The zero-order valence-corrected chi connectivity index (χ0v) is 13.6. The van der Waals surface area contributed by atoms with E-state index in [0.29, 0.717) is 0 Å². The Hall–Kier alpha value is -3.06. The van der Waals surface area contributed by atoms with E-state index in [0.717, 1.165) is 37.6 Å². The number of benzene rings is 1. The Bertz CT molecular complexity index is 1040. The molecule has 0 bridgehead atoms. The molecule has 1 amide bonds. The smallest absolute Gasteiger partial charge is 0.221 e. The summed E-state index contributed by atoms with van der Waals surface area (Å²) in [5, 5.41) is 7.08. The van der Waals surface area contributed by atoms with E-state index in [1.165, 1.54) is 6.92 Å². The Balaban J connectivity index is 1.70. The molecule has 0 aliphatic carbocycles. The van der Waals surface area contributed by atoms with Gasteiger partial charge in [0, 0.05) is 29.9 Å². The molecule has 1 aromatic carbocycles. The molecule has 2 N–H and O–H groups in total. The van der Waals surface area contributed by atoms with Gasteiger partial charge < -0.3 is 10.6 Å². The fourth-order valence-corrected chi connectivity index (χ4v) is 3.52. The number of amides is 1. The highest BCUT2D eigenvalue weighted by molar-refractivity contribution is 7.25. The van der Waals surface area contributed by atoms with Crippen LogP contribution in [0.3, 0.4) is 0 Å². The van der Waals surface area contributed by atoms with Crippen molar-refractivity contribution >= 4 is 54.9 Å². The van der Waals surface area contributed by atoms with Crippen molar-refractivity contribution in [2.75, 3.05) is 10.6 Å². The molecule has 4 rings (SSSR count). The standard InChI is InChI=1S/C17H13N5OS/c1-10(23)21-11-4-6-12(7-5-11)22-16-15-14(19-9-20-16)13-3-2-8-18-17(13)24-15/h2-9H,1H3,(H,21,23)(H,19,20,22). The molecule has 0 atom stereocenters. The maximum absolute atomic E-state index is 11.1. The number of thiophene rings is 1. The molecule has 0 saturated carbocycles. The summed E-state index contributed by atoms with van der Waals surface area (Å²) in [6, 6.07) is 11.4. The molecule has 0 radical (unpaired) electrons. The average molecular weight is 335 g/mol. The first-order valence-electron chi connectivity index (χ1n) is 7.33. The van der Waals surface area contributed by atoms with Crippen LogP contribution < -0.4 is 10.6 Å². The molecule has 3 aromatic heterocycles. The fraction of sp³-hybridized carbons (Fsp3) is 0.0588. The van der Waals surface area contributed by atoms with Gasteiger partial charge >= 0.3 is 0 Å². The molecule has 0 aliphatic rings. The van der Waals surface area contributed by atoms with Crippen molar-refractivity contribution in [3.63, 3.8) is 0 Å². The molecule has 0 unspecified atom stereocenters. The number of aromatic nitrogens is 3. The highest BCUT2D eigenvalue weighted by Gasteiger charge is 2.11. The van der Waals surface area contributed by atoms with E-state index >= 15 is 0 Å². The minimum absolute atomic E-state index is 0.0917. The summed E-state index contributed by atoms with van der Waals surface area (Å²) in [6.45, 7) is 1.49. The highest BCUT2D eigenvalue weighted by Crippen LogP contribution is 2.35. The number of nitrogens with one attached hydrogen (secondary N) is 2. The number of carbonyl (C=O) groups excluding carboxylic acids is 1. The van der Waals surface area contributed by atoms with Crippen LogP contribution in [0.1, 0.15) is 6.92 Å². The van der Waals surface area contributed by atoms with Crippen LogP contribution in [-0.4, -0.2) is 20.9 Å². The van der Waals surface area contributed by atoms with Crippen LogP contribution in [0.5, 0.6) is 0 Å². The summed E-state index contributed by atoms with van der Waals surface area (Å²) >= 11 is 1.56. The monoisotopic (exact) mass is 335 g/mol. The maximum Gasteiger partial charge on any atom is 0.221 e. The van der Waals surface area contributed by atoms with E-state index < -0.39 is 0 Å². The lowest BCUT2D eigenvalue weighted by Gasteiger charge is -2.07. The quantitative estimate of drug-likeness (QED) is 0.593. The lowest BCUT2D eigenvalue weighted by atomic mass is 10.2. The normalized spacial score (nSPS) is 10.9. The second-order valence-electron chi connectivity index (χ2n) is 5.24. The molecule has 6 nitrogen and oxygen atoms in total. The van der Waals surface area contributed by atoms with Gasteiger partial charge in [0.2, 0.25) is 5.91 Å². The second kappa shape index (κ2) is 5.86. The first-order chi connectivity index (χ1) is 11.7. The minimum atomic E-state index is -0.0917. The first-order valence-corrected chi connectivity index (χ1v) is 8.15. The average Bonchev–Trinajstić information content (AvgIpc) is 2.96. The molecular formula is C17H13N5OS. The largest absolute Gasteiger partial charge is 0.339 e. The van der Waals surface area contributed by atoms with Crippen molar-refractivity contribution in [2.45, 2.75) is 6.92 Å². The van der Waals surface area contributed by atoms with Gasteiger partial charge in [0.15, 0.2) is 5.82 Å². The lowest BCUT2D eigenvalue weighted by Crippen LogP contribution is -2.05. The van der Waals surface area contributed by atoms with Gasteiger partial charge in [-0.15, -0.1) is 11.3 Å².